The molecule has 33 heavy (non-hydrogen) atoms. The highest BCUT2D eigenvalue weighted by molar-refractivity contribution is 6.30. The molecule has 176 valence electrons. The molecular weight excluding hydrogens is 438 g/mol. The third-order valence-corrected chi connectivity index (χ3v) is 5.58. The fraction of sp³-hybridized carbons (Fsp3) is 0.423. The van der Waals surface area contributed by atoms with E-state index in [9.17, 15) is 9.90 Å². The molecule has 1 fully saturated rings. The minimum Gasteiger partial charge on any atom is -0.508 e. The Kier molecular flexibility index (Phi) is 8.12. The van der Waals surface area contributed by atoms with Gasteiger partial charge in [0.25, 0.3) is 0 Å². The van der Waals surface area contributed by atoms with Crippen LogP contribution in [0.4, 0.5) is 10.5 Å². The maximum atomic E-state index is 12.2. The average molecular weight is 470 g/mol. The lowest BCUT2D eigenvalue weighted by atomic mass is 10.1. The van der Waals surface area contributed by atoms with Crippen LogP contribution >= 0.6 is 11.6 Å². The van der Waals surface area contributed by atoms with Crippen molar-refractivity contribution in [2.24, 2.45) is 0 Å². The summed E-state index contributed by atoms with van der Waals surface area (Å²) >= 11 is 6.02. The molecule has 1 saturated heterocycles. The zero-order chi connectivity index (χ0) is 24.0. The van der Waals surface area contributed by atoms with Gasteiger partial charge in [-0.1, -0.05) is 23.4 Å². The summed E-state index contributed by atoms with van der Waals surface area (Å²) in [5, 5.41) is 13.9. The standard InChI is InChI=1S/C26H32ClN3O3/c1-19(23-18-21(27)9-12-24(23)31)28-13-5-6-20-7-10-22(11-8-20)29-14-16-30(17-15-29)25(32)33-26(2,3)4/h7-12,18-19,28,31H,13-17H2,1-4H3. The quantitative estimate of drug-likeness (QED) is 0.629. The van der Waals surface area contributed by atoms with Gasteiger partial charge in [0, 0.05) is 54.1 Å². The highest BCUT2D eigenvalue weighted by Crippen LogP contribution is 2.27. The van der Waals surface area contributed by atoms with E-state index in [4.69, 9.17) is 16.3 Å². The third-order valence-electron chi connectivity index (χ3n) is 5.35. The van der Waals surface area contributed by atoms with E-state index in [1.807, 2.05) is 39.8 Å². The molecule has 1 aliphatic rings. The molecule has 1 amide bonds. The summed E-state index contributed by atoms with van der Waals surface area (Å²) in [5.74, 6) is 6.50. The number of phenolic OH excluding ortho intramolecular Hbond substituents is 1. The number of halogens is 1. The first-order valence-corrected chi connectivity index (χ1v) is 11.5. The van der Waals surface area contributed by atoms with Crippen LogP contribution < -0.4 is 10.2 Å². The number of rotatable bonds is 4. The number of piperazine rings is 1. The zero-order valence-electron chi connectivity index (χ0n) is 19.7. The maximum absolute atomic E-state index is 12.2. The summed E-state index contributed by atoms with van der Waals surface area (Å²) in [5.41, 5.74) is 2.33. The van der Waals surface area contributed by atoms with Gasteiger partial charge in [-0.05, 0) is 70.2 Å². The summed E-state index contributed by atoms with van der Waals surface area (Å²) in [6, 6.07) is 13.1. The number of anilines is 1. The van der Waals surface area contributed by atoms with Gasteiger partial charge in [-0.25, -0.2) is 4.79 Å². The first-order chi connectivity index (χ1) is 15.6. The van der Waals surface area contributed by atoms with E-state index in [1.54, 1.807) is 23.1 Å². The van der Waals surface area contributed by atoms with Crippen LogP contribution in [0.25, 0.3) is 0 Å². The minimum absolute atomic E-state index is 0.0697. The second-order valence-electron chi connectivity index (χ2n) is 9.11. The first kappa shape index (κ1) is 24.8. The predicted octanol–water partition coefficient (Wildman–Crippen LogP) is 4.81. The number of hydrogen-bond acceptors (Lipinski definition) is 5. The molecule has 2 aromatic rings. The highest BCUT2D eigenvalue weighted by atomic mass is 35.5. The number of benzene rings is 2. The number of nitrogens with one attached hydrogen (secondary N) is 1. The number of nitrogens with zero attached hydrogens (tertiary/aromatic N) is 2. The van der Waals surface area contributed by atoms with E-state index < -0.39 is 5.60 Å². The van der Waals surface area contributed by atoms with Crippen molar-refractivity contribution in [2.75, 3.05) is 37.6 Å². The van der Waals surface area contributed by atoms with E-state index in [1.165, 1.54) is 0 Å². The Labute approximate surface area is 201 Å². The Morgan fingerprint density at radius 1 is 1.15 bits per heavy atom. The Hall–Kier alpha value is -2.88. The van der Waals surface area contributed by atoms with Crippen LogP contribution in [0.1, 0.15) is 44.9 Å². The molecule has 0 saturated carbocycles. The molecule has 3 rings (SSSR count). The number of amides is 1. The summed E-state index contributed by atoms with van der Waals surface area (Å²) in [6.07, 6.45) is -0.249. The number of carbonyl (C=O) groups excluding carboxylic acids is 1. The minimum atomic E-state index is -0.477. The number of hydrogen-bond donors (Lipinski definition) is 2. The Balaban J connectivity index is 1.48. The van der Waals surface area contributed by atoms with E-state index in [2.05, 4.69) is 34.2 Å². The molecule has 1 heterocycles. The summed E-state index contributed by atoms with van der Waals surface area (Å²) in [4.78, 5) is 16.3. The Morgan fingerprint density at radius 3 is 2.45 bits per heavy atom. The largest absolute Gasteiger partial charge is 0.508 e. The molecular formula is C26H32ClN3O3. The van der Waals surface area contributed by atoms with Crippen molar-refractivity contribution in [3.8, 4) is 17.6 Å². The average Bonchev–Trinajstić information content (AvgIpc) is 2.77. The van der Waals surface area contributed by atoms with Crippen molar-refractivity contribution in [3.05, 3.63) is 58.6 Å². The van der Waals surface area contributed by atoms with Crippen molar-refractivity contribution in [2.45, 2.75) is 39.3 Å². The van der Waals surface area contributed by atoms with Gasteiger partial charge in [0.05, 0.1) is 6.54 Å². The van der Waals surface area contributed by atoms with Gasteiger partial charge in [0.15, 0.2) is 0 Å². The van der Waals surface area contributed by atoms with Crippen LogP contribution in [0, 0.1) is 11.8 Å². The number of aromatic hydroxyl groups is 1. The summed E-state index contributed by atoms with van der Waals surface area (Å²) in [6.45, 7) is 10.9. The number of phenols is 1. The first-order valence-electron chi connectivity index (χ1n) is 11.2. The van der Waals surface area contributed by atoms with E-state index in [0.717, 1.165) is 29.9 Å². The lowest BCUT2D eigenvalue weighted by Gasteiger charge is -2.36. The molecule has 0 radical (unpaired) electrons. The summed E-state index contributed by atoms with van der Waals surface area (Å²) in [7, 11) is 0. The van der Waals surface area contributed by atoms with Crippen molar-refractivity contribution in [3.63, 3.8) is 0 Å². The smallest absolute Gasteiger partial charge is 0.410 e. The fourth-order valence-corrected chi connectivity index (χ4v) is 3.74. The Bertz CT molecular complexity index is 1010. The molecule has 0 aliphatic carbocycles. The van der Waals surface area contributed by atoms with Crippen LogP contribution in [0.15, 0.2) is 42.5 Å². The number of carbonyl (C=O) groups is 1. The van der Waals surface area contributed by atoms with Crippen LogP contribution in [-0.4, -0.2) is 54.4 Å². The maximum Gasteiger partial charge on any atom is 0.410 e. The molecule has 1 atom stereocenters. The molecule has 7 heteroatoms. The normalized spacial score (nSPS) is 14.9. The second-order valence-corrected chi connectivity index (χ2v) is 9.55. The Morgan fingerprint density at radius 2 is 1.82 bits per heavy atom. The van der Waals surface area contributed by atoms with Gasteiger partial charge in [-0.3, -0.25) is 5.32 Å². The van der Waals surface area contributed by atoms with E-state index in [0.29, 0.717) is 24.7 Å². The fourth-order valence-electron chi connectivity index (χ4n) is 3.56. The van der Waals surface area contributed by atoms with Crippen molar-refractivity contribution in [1.82, 2.24) is 10.2 Å². The monoisotopic (exact) mass is 469 g/mol. The van der Waals surface area contributed by atoms with Gasteiger partial charge >= 0.3 is 6.09 Å². The van der Waals surface area contributed by atoms with Crippen LogP contribution in [0.3, 0.4) is 0 Å². The van der Waals surface area contributed by atoms with Gasteiger partial charge in [0.1, 0.15) is 11.4 Å². The van der Waals surface area contributed by atoms with Crippen LogP contribution in [0.5, 0.6) is 5.75 Å². The van der Waals surface area contributed by atoms with Crippen LogP contribution in [0.2, 0.25) is 5.02 Å². The highest BCUT2D eigenvalue weighted by Gasteiger charge is 2.25. The second kappa shape index (κ2) is 10.8. The van der Waals surface area contributed by atoms with E-state index in [-0.39, 0.29) is 17.9 Å². The molecule has 1 unspecified atom stereocenters. The van der Waals surface area contributed by atoms with Gasteiger partial charge < -0.3 is 19.6 Å². The lowest BCUT2D eigenvalue weighted by Crippen LogP contribution is -2.50. The topological polar surface area (TPSA) is 65.0 Å². The van der Waals surface area contributed by atoms with Gasteiger partial charge in [-0.2, -0.15) is 0 Å². The molecule has 0 bridgehead atoms. The van der Waals surface area contributed by atoms with Crippen LogP contribution in [-0.2, 0) is 4.74 Å². The molecule has 2 aromatic carbocycles. The number of ether oxygens (including phenoxy) is 1. The van der Waals surface area contributed by atoms with Crippen molar-refractivity contribution in [1.29, 1.82) is 0 Å². The molecule has 2 N–H and O–H groups in total. The molecule has 0 spiro atoms. The van der Waals surface area contributed by atoms with E-state index >= 15 is 0 Å². The molecule has 1 aliphatic heterocycles. The summed E-state index contributed by atoms with van der Waals surface area (Å²) < 4.78 is 5.46. The van der Waals surface area contributed by atoms with Crippen molar-refractivity contribution >= 4 is 23.4 Å². The predicted molar refractivity (Wildman–Crippen MR) is 133 cm³/mol. The van der Waals surface area contributed by atoms with Gasteiger partial charge in [0.2, 0.25) is 0 Å². The SMILES string of the molecule is CC(NCC#Cc1ccc(N2CCN(C(=O)OC(C)(C)C)CC2)cc1)c1cc(Cl)ccc1O. The molecule has 0 aromatic heterocycles. The third kappa shape index (κ3) is 7.31. The molecule has 6 nitrogen and oxygen atoms in total. The zero-order valence-corrected chi connectivity index (χ0v) is 20.4. The lowest BCUT2D eigenvalue weighted by molar-refractivity contribution is 0.0240. The van der Waals surface area contributed by atoms with Gasteiger partial charge in [-0.15, -0.1) is 0 Å². The van der Waals surface area contributed by atoms with Crippen molar-refractivity contribution < 1.29 is 14.6 Å².